The van der Waals surface area contributed by atoms with E-state index in [9.17, 15) is 8.42 Å². The number of hydrogen-bond donors (Lipinski definition) is 1. The molecule has 3 rings (SSSR count). The zero-order chi connectivity index (χ0) is 12.8. The molecule has 3 heterocycles. The molecule has 0 aromatic carbocycles. The Morgan fingerprint density at radius 2 is 2.28 bits per heavy atom. The van der Waals surface area contributed by atoms with Gasteiger partial charge in [-0.2, -0.15) is 0 Å². The molecular weight excluding hydrogens is 250 g/mol. The van der Waals surface area contributed by atoms with Gasteiger partial charge in [0.15, 0.2) is 9.84 Å². The second kappa shape index (κ2) is 4.35. The van der Waals surface area contributed by atoms with Gasteiger partial charge in [-0.15, -0.1) is 0 Å². The molecule has 1 saturated heterocycles. The molecule has 0 aliphatic carbocycles. The van der Waals surface area contributed by atoms with Crippen molar-refractivity contribution in [2.75, 3.05) is 11.5 Å². The minimum absolute atomic E-state index is 0.0178. The molecule has 0 radical (unpaired) electrons. The number of aryl methyl sites for hydroxylation is 1. The van der Waals surface area contributed by atoms with Crippen LogP contribution in [0.3, 0.4) is 0 Å². The second-order valence-electron chi connectivity index (χ2n) is 5.47. The Kier molecular flexibility index (Phi) is 2.94. The maximum atomic E-state index is 11.5. The summed E-state index contributed by atoms with van der Waals surface area (Å²) in [6.45, 7) is 0. The molecule has 2 aliphatic heterocycles. The standard InChI is InChI=1S/C12H19N3O2S/c13-11-3-1-2-10-7-14-12(15(10)11)6-9-4-5-18(16,17)8-9/h7,9,11H,1-6,8,13H2. The van der Waals surface area contributed by atoms with Crippen LogP contribution in [0.4, 0.5) is 0 Å². The summed E-state index contributed by atoms with van der Waals surface area (Å²) >= 11 is 0. The van der Waals surface area contributed by atoms with Crippen LogP contribution >= 0.6 is 0 Å². The first-order valence-corrected chi connectivity index (χ1v) is 8.38. The van der Waals surface area contributed by atoms with Gasteiger partial charge >= 0.3 is 0 Å². The van der Waals surface area contributed by atoms with E-state index in [4.69, 9.17) is 5.73 Å². The molecule has 0 bridgehead atoms. The van der Waals surface area contributed by atoms with E-state index in [1.54, 1.807) is 0 Å². The molecule has 0 saturated carbocycles. The summed E-state index contributed by atoms with van der Waals surface area (Å²) < 4.78 is 25.1. The summed E-state index contributed by atoms with van der Waals surface area (Å²) in [5, 5.41) is 0. The molecule has 6 heteroatoms. The normalized spacial score (nSPS) is 30.3. The van der Waals surface area contributed by atoms with Gasteiger partial charge in [-0.05, 0) is 31.6 Å². The molecule has 100 valence electrons. The summed E-state index contributed by atoms with van der Waals surface area (Å²) in [6, 6.07) is 0. The fourth-order valence-corrected chi connectivity index (χ4v) is 4.95. The zero-order valence-electron chi connectivity index (χ0n) is 10.4. The van der Waals surface area contributed by atoms with E-state index >= 15 is 0 Å². The van der Waals surface area contributed by atoms with Gasteiger partial charge in [0, 0.05) is 18.3 Å². The van der Waals surface area contributed by atoms with Crippen molar-refractivity contribution in [1.82, 2.24) is 9.55 Å². The van der Waals surface area contributed by atoms with E-state index in [-0.39, 0.29) is 12.1 Å². The summed E-state index contributed by atoms with van der Waals surface area (Å²) in [5.74, 6) is 1.83. The van der Waals surface area contributed by atoms with Crippen molar-refractivity contribution in [3.8, 4) is 0 Å². The predicted molar refractivity (Wildman–Crippen MR) is 68.9 cm³/mol. The van der Waals surface area contributed by atoms with E-state index in [1.807, 2.05) is 6.20 Å². The monoisotopic (exact) mass is 269 g/mol. The third kappa shape index (κ3) is 2.19. The Morgan fingerprint density at radius 3 is 3.00 bits per heavy atom. The van der Waals surface area contributed by atoms with Crippen LogP contribution < -0.4 is 5.73 Å². The molecule has 2 unspecified atom stereocenters. The lowest BCUT2D eigenvalue weighted by molar-refractivity contribution is 0.392. The van der Waals surface area contributed by atoms with E-state index in [1.165, 1.54) is 5.69 Å². The van der Waals surface area contributed by atoms with Gasteiger partial charge in [0.2, 0.25) is 0 Å². The Morgan fingerprint density at radius 1 is 1.44 bits per heavy atom. The van der Waals surface area contributed by atoms with Crippen molar-refractivity contribution >= 4 is 9.84 Å². The summed E-state index contributed by atoms with van der Waals surface area (Å²) in [4.78, 5) is 4.45. The maximum absolute atomic E-state index is 11.5. The Hall–Kier alpha value is -0.880. The lowest BCUT2D eigenvalue weighted by atomic mass is 10.0. The van der Waals surface area contributed by atoms with Crippen LogP contribution in [0.1, 0.15) is 36.9 Å². The van der Waals surface area contributed by atoms with Gasteiger partial charge < -0.3 is 10.3 Å². The van der Waals surface area contributed by atoms with Gasteiger partial charge in [0.05, 0.1) is 17.7 Å². The Labute approximate surface area is 107 Å². The minimum atomic E-state index is -2.80. The van der Waals surface area contributed by atoms with Crippen molar-refractivity contribution in [3.63, 3.8) is 0 Å². The molecule has 2 aliphatic rings. The van der Waals surface area contributed by atoms with Crippen LogP contribution in [0, 0.1) is 5.92 Å². The summed E-state index contributed by atoms with van der Waals surface area (Å²) in [5.41, 5.74) is 7.32. The largest absolute Gasteiger partial charge is 0.316 e. The first-order chi connectivity index (χ1) is 8.55. The number of nitrogens with two attached hydrogens (primary N) is 1. The Bertz CT molecular complexity index is 550. The molecule has 0 amide bonds. The van der Waals surface area contributed by atoms with E-state index in [2.05, 4.69) is 9.55 Å². The van der Waals surface area contributed by atoms with Crippen molar-refractivity contribution in [2.24, 2.45) is 11.7 Å². The van der Waals surface area contributed by atoms with Gasteiger partial charge in [0.1, 0.15) is 5.82 Å². The first-order valence-electron chi connectivity index (χ1n) is 6.56. The van der Waals surface area contributed by atoms with Gasteiger partial charge in [-0.3, -0.25) is 0 Å². The van der Waals surface area contributed by atoms with Crippen molar-refractivity contribution in [3.05, 3.63) is 17.7 Å². The molecule has 1 fully saturated rings. The highest BCUT2D eigenvalue weighted by Gasteiger charge is 2.30. The number of rotatable bonds is 2. The molecule has 1 aromatic heterocycles. The number of imidazole rings is 1. The fourth-order valence-electron chi connectivity index (χ4n) is 3.09. The molecule has 5 nitrogen and oxygen atoms in total. The number of nitrogens with zero attached hydrogens (tertiary/aromatic N) is 2. The van der Waals surface area contributed by atoms with Crippen LogP contribution in [0.25, 0.3) is 0 Å². The van der Waals surface area contributed by atoms with Gasteiger partial charge in [-0.25, -0.2) is 13.4 Å². The van der Waals surface area contributed by atoms with E-state index in [0.29, 0.717) is 11.5 Å². The summed E-state index contributed by atoms with van der Waals surface area (Å²) in [6.07, 6.45) is 6.56. The third-order valence-corrected chi connectivity index (χ3v) is 5.85. The molecular formula is C12H19N3O2S. The smallest absolute Gasteiger partial charge is 0.150 e. The number of fused-ring (bicyclic) bond motifs is 1. The van der Waals surface area contributed by atoms with Crippen LogP contribution in [-0.4, -0.2) is 29.5 Å². The van der Waals surface area contributed by atoms with E-state index in [0.717, 1.165) is 37.9 Å². The van der Waals surface area contributed by atoms with Crippen molar-refractivity contribution < 1.29 is 8.42 Å². The van der Waals surface area contributed by atoms with Crippen molar-refractivity contribution in [1.29, 1.82) is 0 Å². The van der Waals surface area contributed by atoms with Crippen LogP contribution in [0.5, 0.6) is 0 Å². The first kappa shape index (κ1) is 12.2. The second-order valence-corrected chi connectivity index (χ2v) is 7.70. The third-order valence-electron chi connectivity index (χ3n) is 4.01. The maximum Gasteiger partial charge on any atom is 0.150 e. The van der Waals surface area contributed by atoms with E-state index < -0.39 is 9.84 Å². The fraction of sp³-hybridized carbons (Fsp3) is 0.750. The highest BCUT2D eigenvalue weighted by molar-refractivity contribution is 7.91. The van der Waals surface area contributed by atoms with Crippen LogP contribution in [0.15, 0.2) is 6.20 Å². The summed E-state index contributed by atoms with van der Waals surface area (Å²) in [7, 11) is -2.80. The van der Waals surface area contributed by atoms with Gasteiger partial charge in [-0.1, -0.05) is 0 Å². The average Bonchev–Trinajstić information content (AvgIpc) is 2.85. The van der Waals surface area contributed by atoms with Gasteiger partial charge in [0.25, 0.3) is 0 Å². The van der Waals surface area contributed by atoms with Crippen LogP contribution in [-0.2, 0) is 22.7 Å². The number of sulfone groups is 1. The quantitative estimate of drug-likeness (QED) is 0.855. The molecule has 2 N–H and O–H groups in total. The SMILES string of the molecule is NC1CCCc2cnc(CC3CCS(=O)(=O)C3)n21. The van der Waals surface area contributed by atoms with Crippen LogP contribution in [0.2, 0.25) is 0 Å². The minimum Gasteiger partial charge on any atom is -0.316 e. The topological polar surface area (TPSA) is 78.0 Å². The molecule has 0 spiro atoms. The Balaban J connectivity index is 1.80. The predicted octanol–water partition coefficient (Wildman–Crippen LogP) is 0.654. The van der Waals surface area contributed by atoms with Crippen molar-refractivity contribution in [2.45, 2.75) is 38.3 Å². The highest BCUT2D eigenvalue weighted by Crippen LogP contribution is 2.27. The molecule has 18 heavy (non-hydrogen) atoms. The average molecular weight is 269 g/mol. The number of aromatic nitrogens is 2. The zero-order valence-corrected chi connectivity index (χ0v) is 11.2. The lowest BCUT2D eigenvalue weighted by Crippen LogP contribution is -2.27. The highest BCUT2D eigenvalue weighted by atomic mass is 32.2. The molecule has 2 atom stereocenters. The molecule has 1 aromatic rings. The lowest BCUT2D eigenvalue weighted by Gasteiger charge is -2.24. The number of hydrogen-bond acceptors (Lipinski definition) is 4.